The molecule has 0 radical (unpaired) electrons. The molecule has 2 heteroatoms. The van der Waals surface area contributed by atoms with Gasteiger partial charge in [0.1, 0.15) is 0 Å². The molecule has 1 aromatic carbocycles. The largest absolute Gasteiger partial charge is 0.271 e. The highest BCUT2D eigenvalue weighted by Crippen LogP contribution is 2.51. The molecule has 0 heterocycles. The van der Waals surface area contributed by atoms with Gasteiger partial charge in [-0.15, -0.1) is 0 Å². The van der Waals surface area contributed by atoms with Crippen LogP contribution in [-0.2, 0) is 6.42 Å². The van der Waals surface area contributed by atoms with E-state index >= 15 is 0 Å². The summed E-state index contributed by atoms with van der Waals surface area (Å²) in [6.45, 7) is 0. The lowest BCUT2D eigenvalue weighted by molar-refractivity contribution is 0.227. The van der Waals surface area contributed by atoms with Gasteiger partial charge in [-0.25, -0.2) is 0 Å². The van der Waals surface area contributed by atoms with E-state index in [1.165, 1.54) is 38.5 Å². The van der Waals surface area contributed by atoms with Crippen LogP contribution in [0.1, 0.15) is 49.1 Å². The summed E-state index contributed by atoms with van der Waals surface area (Å²) in [6, 6.07) is 9.44. The Morgan fingerprint density at radius 1 is 1.21 bits per heavy atom. The van der Waals surface area contributed by atoms with Gasteiger partial charge >= 0.3 is 0 Å². The fourth-order valence-electron chi connectivity index (χ4n) is 5.03. The van der Waals surface area contributed by atoms with Crippen molar-refractivity contribution in [3.8, 4) is 0 Å². The average molecular weight is 256 g/mol. The zero-order valence-electron chi connectivity index (χ0n) is 11.5. The molecular formula is C17H24N2. The van der Waals surface area contributed by atoms with Crippen molar-refractivity contribution in [1.82, 2.24) is 5.43 Å². The second-order valence-electron chi connectivity index (χ2n) is 6.95. The van der Waals surface area contributed by atoms with E-state index in [1.54, 1.807) is 11.1 Å². The Balaban J connectivity index is 1.44. The smallest absolute Gasteiger partial charge is 0.0247 e. The maximum atomic E-state index is 5.88. The second kappa shape index (κ2) is 4.60. The highest BCUT2D eigenvalue weighted by molar-refractivity contribution is 5.40. The third-order valence-electron chi connectivity index (χ3n) is 6.02. The lowest BCUT2D eigenvalue weighted by Crippen LogP contribution is -2.44. The van der Waals surface area contributed by atoms with Crippen molar-refractivity contribution in [2.75, 3.05) is 0 Å². The minimum absolute atomic E-state index is 0.536. The predicted molar refractivity (Wildman–Crippen MR) is 77.6 cm³/mol. The molecule has 0 spiro atoms. The maximum Gasteiger partial charge on any atom is 0.0247 e. The van der Waals surface area contributed by atoms with Gasteiger partial charge in [-0.2, -0.15) is 0 Å². The Labute approximate surface area is 115 Å². The summed E-state index contributed by atoms with van der Waals surface area (Å²) in [4.78, 5) is 0. The van der Waals surface area contributed by atoms with Crippen LogP contribution < -0.4 is 11.3 Å². The number of benzene rings is 1. The van der Waals surface area contributed by atoms with E-state index in [9.17, 15) is 0 Å². The van der Waals surface area contributed by atoms with E-state index in [0.717, 1.165) is 23.7 Å². The predicted octanol–water partition coefficient (Wildman–Crippen LogP) is 2.98. The summed E-state index contributed by atoms with van der Waals surface area (Å²) in [5.74, 6) is 9.45. The molecule has 2 fully saturated rings. The Morgan fingerprint density at radius 2 is 2.11 bits per heavy atom. The highest BCUT2D eigenvalue weighted by Gasteiger charge is 2.43. The van der Waals surface area contributed by atoms with Crippen LogP contribution in [0.5, 0.6) is 0 Å². The summed E-state index contributed by atoms with van der Waals surface area (Å²) >= 11 is 0. The Kier molecular flexibility index (Phi) is 2.89. The fraction of sp³-hybridized carbons (Fsp3) is 0.647. The monoisotopic (exact) mass is 256 g/mol. The van der Waals surface area contributed by atoms with E-state index in [-0.39, 0.29) is 0 Å². The summed E-state index contributed by atoms with van der Waals surface area (Å²) in [5, 5.41) is 0. The van der Waals surface area contributed by atoms with Crippen LogP contribution in [0.4, 0.5) is 0 Å². The summed E-state index contributed by atoms with van der Waals surface area (Å²) in [6.07, 6.45) is 8.33. The third kappa shape index (κ3) is 1.93. The SMILES string of the molecule is NNC(CC1Cc2ccccc21)C1CC2CCC1C2. The van der Waals surface area contributed by atoms with Crippen molar-refractivity contribution in [1.29, 1.82) is 0 Å². The van der Waals surface area contributed by atoms with Crippen LogP contribution in [0, 0.1) is 17.8 Å². The molecule has 0 saturated heterocycles. The van der Waals surface area contributed by atoms with Crippen molar-refractivity contribution < 1.29 is 0 Å². The van der Waals surface area contributed by atoms with E-state index in [1.807, 2.05) is 0 Å². The van der Waals surface area contributed by atoms with Gasteiger partial charge in [0.15, 0.2) is 0 Å². The first-order chi connectivity index (χ1) is 9.35. The van der Waals surface area contributed by atoms with Crippen molar-refractivity contribution >= 4 is 0 Å². The summed E-state index contributed by atoms with van der Waals surface area (Å²) in [5.41, 5.74) is 6.29. The molecule has 5 atom stereocenters. The molecule has 19 heavy (non-hydrogen) atoms. The molecule has 102 valence electrons. The quantitative estimate of drug-likeness (QED) is 0.642. The number of rotatable bonds is 4. The van der Waals surface area contributed by atoms with Crippen LogP contribution >= 0.6 is 0 Å². The number of hydrogen-bond donors (Lipinski definition) is 2. The van der Waals surface area contributed by atoms with Gasteiger partial charge in [0.05, 0.1) is 0 Å². The lowest BCUT2D eigenvalue weighted by atomic mass is 9.71. The second-order valence-corrected chi connectivity index (χ2v) is 6.95. The first kappa shape index (κ1) is 11.9. The molecule has 3 N–H and O–H groups in total. The average Bonchev–Trinajstić information content (AvgIpc) is 3.03. The molecule has 0 amide bonds. The molecule has 3 aliphatic rings. The molecule has 4 rings (SSSR count). The van der Waals surface area contributed by atoms with Gasteiger partial charge in [0.25, 0.3) is 0 Å². The maximum absolute atomic E-state index is 5.88. The van der Waals surface area contributed by atoms with Gasteiger partial charge in [-0.05, 0) is 66.9 Å². The molecule has 1 aromatic rings. The van der Waals surface area contributed by atoms with Crippen molar-refractivity contribution in [2.24, 2.45) is 23.6 Å². The Bertz CT molecular complexity index is 470. The van der Waals surface area contributed by atoms with Crippen LogP contribution in [0.15, 0.2) is 24.3 Å². The summed E-state index contributed by atoms with van der Waals surface area (Å²) < 4.78 is 0. The topological polar surface area (TPSA) is 38.0 Å². The summed E-state index contributed by atoms with van der Waals surface area (Å²) in [7, 11) is 0. The fourth-order valence-corrected chi connectivity index (χ4v) is 5.03. The number of fused-ring (bicyclic) bond motifs is 3. The first-order valence-electron chi connectivity index (χ1n) is 7.89. The molecule has 2 bridgehead atoms. The minimum Gasteiger partial charge on any atom is -0.271 e. The number of nitrogens with two attached hydrogens (primary N) is 1. The van der Waals surface area contributed by atoms with Crippen LogP contribution in [-0.4, -0.2) is 6.04 Å². The molecule has 0 aliphatic heterocycles. The van der Waals surface area contributed by atoms with Crippen molar-refractivity contribution in [3.05, 3.63) is 35.4 Å². The van der Waals surface area contributed by atoms with Crippen LogP contribution in [0.25, 0.3) is 0 Å². The number of hydrazine groups is 1. The van der Waals surface area contributed by atoms with Gasteiger partial charge < -0.3 is 0 Å². The Morgan fingerprint density at radius 3 is 2.79 bits per heavy atom. The normalized spacial score (nSPS) is 36.9. The van der Waals surface area contributed by atoms with Gasteiger partial charge in [-0.3, -0.25) is 11.3 Å². The minimum atomic E-state index is 0.536. The molecule has 0 aromatic heterocycles. The molecular weight excluding hydrogens is 232 g/mol. The van der Waals surface area contributed by atoms with Crippen LogP contribution in [0.3, 0.4) is 0 Å². The van der Waals surface area contributed by atoms with Crippen LogP contribution in [0.2, 0.25) is 0 Å². The zero-order valence-corrected chi connectivity index (χ0v) is 11.5. The van der Waals surface area contributed by atoms with Gasteiger partial charge in [0.2, 0.25) is 0 Å². The van der Waals surface area contributed by atoms with Gasteiger partial charge in [-0.1, -0.05) is 30.7 Å². The van der Waals surface area contributed by atoms with Crippen molar-refractivity contribution in [3.63, 3.8) is 0 Å². The first-order valence-corrected chi connectivity index (χ1v) is 7.89. The van der Waals surface area contributed by atoms with E-state index < -0.39 is 0 Å². The zero-order chi connectivity index (χ0) is 12.8. The van der Waals surface area contributed by atoms with E-state index in [0.29, 0.717) is 6.04 Å². The van der Waals surface area contributed by atoms with Gasteiger partial charge in [0, 0.05) is 6.04 Å². The molecule has 2 nitrogen and oxygen atoms in total. The molecule has 3 aliphatic carbocycles. The van der Waals surface area contributed by atoms with E-state index in [2.05, 4.69) is 29.7 Å². The van der Waals surface area contributed by atoms with Crippen molar-refractivity contribution in [2.45, 2.75) is 50.5 Å². The number of hydrogen-bond acceptors (Lipinski definition) is 2. The third-order valence-corrected chi connectivity index (χ3v) is 6.02. The highest BCUT2D eigenvalue weighted by atomic mass is 15.2. The number of nitrogens with one attached hydrogen (secondary N) is 1. The van der Waals surface area contributed by atoms with E-state index in [4.69, 9.17) is 5.84 Å². The standard InChI is InChI=1S/C17H24N2/c18-19-17(16-8-11-5-6-13(16)7-11)10-14-9-12-3-1-2-4-15(12)14/h1-4,11,13-14,16-17,19H,5-10,18H2. The lowest BCUT2D eigenvalue weighted by Gasteiger charge is -2.37. The molecule has 2 saturated carbocycles. The Hall–Kier alpha value is -0.860. The molecule has 5 unspecified atom stereocenters.